The Kier molecular flexibility index (Phi) is 5.75. The highest BCUT2D eigenvalue weighted by Gasteiger charge is 2.19. The van der Waals surface area contributed by atoms with Crippen molar-refractivity contribution in [2.24, 2.45) is 0 Å². The highest BCUT2D eigenvalue weighted by molar-refractivity contribution is 7.16. The smallest absolute Gasteiger partial charge is 0.137 e. The number of rotatable bonds is 4. The molecule has 1 N–H and O–H groups in total. The average Bonchev–Trinajstić information content (AvgIpc) is 3.32. The highest BCUT2D eigenvalue weighted by atomic mass is 35.5. The van der Waals surface area contributed by atoms with Crippen LogP contribution in [-0.4, -0.2) is 40.5 Å². The van der Waals surface area contributed by atoms with E-state index in [2.05, 4.69) is 39.0 Å². The molecule has 0 aliphatic carbocycles. The van der Waals surface area contributed by atoms with Gasteiger partial charge < -0.3 is 9.72 Å². The molecule has 4 aromatic rings. The lowest BCUT2D eigenvalue weighted by atomic mass is 10.1. The second kappa shape index (κ2) is 8.81. The van der Waals surface area contributed by atoms with Crippen molar-refractivity contribution in [2.45, 2.75) is 13.0 Å². The zero-order valence-electron chi connectivity index (χ0n) is 17.0. The molecule has 5 rings (SSSR count). The zero-order chi connectivity index (χ0) is 21.2. The lowest BCUT2D eigenvalue weighted by Gasteiger charge is -2.20. The van der Waals surface area contributed by atoms with Gasteiger partial charge in [-0.25, -0.2) is 4.98 Å². The first-order valence-electron chi connectivity index (χ1n) is 10.4. The van der Waals surface area contributed by atoms with Crippen LogP contribution >= 0.6 is 22.9 Å². The SMILES string of the molecule is N#Cc1ccc(-c2ccc3nc(-c4ccc(Cl)cc4)c(CN4CCCNCC4)n3c2)s1. The molecule has 1 saturated heterocycles. The van der Waals surface area contributed by atoms with Gasteiger partial charge in [0.25, 0.3) is 0 Å². The molecule has 5 nitrogen and oxygen atoms in total. The number of aromatic nitrogens is 2. The van der Waals surface area contributed by atoms with E-state index in [9.17, 15) is 5.26 Å². The summed E-state index contributed by atoms with van der Waals surface area (Å²) in [6.45, 7) is 4.99. The van der Waals surface area contributed by atoms with Gasteiger partial charge in [0, 0.05) is 46.9 Å². The quantitative estimate of drug-likeness (QED) is 0.475. The summed E-state index contributed by atoms with van der Waals surface area (Å²) >= 11 is 7.65. The van der Waals surface area contributed by atoms with Crippen LogP contribution in [0.3, 0.4) is 0 Å². The van der Waals surface area contributed by atoms with E-state index >= 15 is 0 Å². The zero-order valence-corrected chi connectivity index (χ0v) is 18.6. The molecule has 0 saturated carbocycles. The van der Waals surface area contributed by atoms with Crippen LogP contribution in [-0.2, 0) is 6.54 Å². The van der Waals surface area contributed by atoms with Gasteiger partial charge in [0.05, 0.1) is 11.4 Å². The first kappa shape index (κ1) is 20.2. The number of benzene rings is 1. The summed E-state index contributed by atoms with van der Waals surface area (Å²) in [5.41, 5.74) is 5.26. The van der Waals surface area contributed by atoms with Gasteiger partial charge >= 0.3 is 0 Å². The summed E-state index contributed by atoms with van der Waals surface area (Å²) in [6, 6.07) is 18.2. The van der Waals surface area contributed by atoms with E-state index in [1.54, 1.807) is 0 Å². The Morgan fingerprint density at radius 2 is 1.87 bits per heavy atom. The van der Waals surface area contributed by atoms with Crippen molar-refractivity contribution in [2.75, 3.05) is 26.2 Å². The molecular formula is C24H22ClN5S. The molecule has 7 heteroatoms. The molecule has 0 bridgehead atoms. The third-order valence-corrected chi connectivity index (χ3v) is 6.93. The fourth-order valence-electron chi connectivity index (χ4n) is 4.05. The van der Waals surface area contributed by atoms with Gasteiger partial charge in [-0.2, -0.15) is 5.26 Å². The van der Waals surface area contributed by atoms with Crippen molar-refractivity contribution < 1.29 is 0 Å². The molecule has 1 fully saturated rings. The van der Waals surface area contributed by atoms with E-state index in [-0.39, 0.29) is 0 Å². The van der Waals surface area contributed by atoms with Gasteiger partial charge in [-0.05, 0) is 55.9 Å². The van der Waals surface area contributed by atoms with Gasteiger partial charge in [0.1, 0.15) is 16.6 Å². The summed E-state index contributed by atoms with van der Waals surface area (Å²) < 4.78 is 2.21. The number of nitrogens with zero attached hydrogens (tertiary/aromatic N) is 4. The summed E-state index contributed by atoms with van der Waals surface area (Å²) in [5.74, 6) is 0. The van der Waals surface area contributed by atoms with Crippen molar-refractivity contribution in [3.05, 3.63) is 70.3 Å². The van der Waals surface area contributed by atoms with E-state index in [0.29, 0.717) is 0 Å². The lowest BCUT2D eigenvalue weighted by Crippen LogP contribution is -2.28. The Balaban J connectivity index is 1.62. The van der Waals surface area contributed by atoms with Crippen molar-refractivity contribution in [1.29, 1.82) is 5.26 Å². The Bertz CT molecular complexity index is 1240. The maximum absolute atomic E-state index is 9.19. The van der Waals surface area contributed by atoms with Gasteiger partial charge in [-0.15, -0.1) is 11.3 Å². The number of nitriles is 1. The fourth-order valence-corrected chi connectivity index (χ4v) is 4.97. The normalized spacial score (nSPS) is 15.1. The minimum atomic E-state index is 0.722. The molecule has 156 valence electrons. The number of imidazole rings is 1. The fraction of sp³-hybridized carbons (Fsp3) is 0.250. The van der Waals surface area contributed by atoms with Crippen LogP contribution in [0.25, 0.3) is 27.3 Å². The Labute approximate surface area is 190 Å². The second-order valence-corrected chi connectivity index (χ2v) is 9.24. The largest absolute Gasteiger partial charge is 0.315 e. The van der Waals surface area contributed by atoms with Gasteiger partial charge in [0.15, 0.2) is 0 Å². The molecule has 1 aromatic carbocycles. The van der Waals surface area contributed by atoms with Crippen molar-refractivity contribution in [3.63, 3.8) is 0 Å². The lowest BCUT2D eigenvalue weighted by molar-refractivity contribution is 0.281. The highest BCUT2D eigenvalue weighted by Crippen LogP contribution is 2.31. The number of hydrogen-bond donors (Lipinski definition) is 1. The number of pyridine rings is 1. The van der Waals surface area contributed by atoms with Crippen LogP contribution in [0, 0.1) is 11.3 Å². The van der Waals surface area contributed by atoms with E-state index in [4.69, 9.17) is 16.6 Å². The molecule has 3 aromatic heterocycles. The molecule has 1 aliphatic heterocycles. The Morgan fingerprint density at radius 1 is 1.03 bits per heavy atom. The Morgan fingerprint density at radius 3 is 2.68 bits per heavy atom. The number of halogens is 1. The third kappa shape index (κ3) is 4.23. The number of fused-ring (bicyclic) bond motifs is 1. The molecule has 4 heterocycles. The molecule has 0 unspecified atom stereocenters. The molecule has 0 radical (unpaired) electrons. The van der Waals surface area contributed by atoms with Crippen LogP contribution in [0.15, 0.2) is 54.7 Å². The van der Waals surface area contributed by atoms with Crippen LogP contribution in [0.5, 0.6) is 0 Å². The maximum atomic E-state index is 9.19. The van der Waals surface area contributed by atoms with E-state index < -0.39 is 0 Å². The van der Waals surface area contributed by atoms with Crippen molar-refractivity contribution in [1.82, 2.24) is 19.6 Å². The summed E-state index contributed by atoms with van der Waals surface area (Å²) in [6.07, 6.45) is 3.30. The number of hydrogen-bond acceptors (Lipinski definition) is 5. The van der Waals surface area contributed by atoms with Crippen molar-refractivity contribution >= 4 is 28.6 Å². The minimum Gasteiger partial charge on any atom is -0.315 e. The topological polar surface area (TPSA) is 56.4 Å². The monoisotopic (exact) mass is 447 g/mol. The maximum Gasteiger partial charge on any atom is 0.137 e. The third-order valence-electron chi connectivity index (χ3n) is 5.64. The molecule has 1 aliphatic rings. The summed E-state index contributed by atoms with van der Waals surface area (Å²) in [5, 5.41) is 13.4. The van der Waals surface area contributed by atoms with Gasteiger partial charge in [-0.1, -0.05) is 23.7 Å². The van der Waals surface area contributed by atoms with Crippen molar-refractivity contribution in [3.8, 4) is 27.8 Å². The van der Waals surface area contributed by atoms with Crippen LogP contribution in [0.2, 0.25) is 5.02 Å². The predicted octanol–water partition coefficient (Wildman–Crippen LogP) is 5.05. The van der Waals surface area contributed by atoms with E-state index in [1.807, 2.05) is 36.4 Å². The number of nitrogens with one attached hydrogen (secondary N) is 1. The van der Waals surface area contributed by atoms with E-state index in [1.165, 1.54) is 17.0 Å². The minimum absolute atomic E-state index is 0.722. The Hall–Kier alpha value is -2.69. The van der Waals surface area contributed by atoms with Crippen LogP contribution in [0.4, 0.5) is 0 Å². The van der Waals surface area contributed by atoms with Gasteiger partial charge in [0.2, 0.25) is 0 Å². The van der Waals surface area contributed by atoms with Gasteiger partial charge in [-0.3, -0.25) is 4.90 Å². The van der Waals surface area contributed by atoms with Crippen LogP contribution in [0.1, 0.15) is 17.0 Å². The molecular weight excluding hydrogens is 426 g/mol. The molecule has 0 spiro atoms. The first-order chi connectivity index (χ1) is 15.2. The average molecular weight is 448 g/mol. The van der Waals surface area contributed by atoms with Crippen LogP contribution < -0.4 is 5.32 Å². The molecule has 0 atom stereocenters. The van der Waals surface area contributed by atoms with E-state index in [0.717, 1.165) is 76.4 Å². The molecule has 31 heavy (non-hydrogen) atoms. The summed E-state index contributed by atoms with van der Waals surface area (Å²) in [4.78, 5) is 9.29. The first-order valence-corrected chi connectivity index (χ1v) is 11.6. The molecule has 0 amide bonds. The standard InChI is InChI=1S/C24H22ClN5S/c25-19-5-2-17(3-6-19)24-21(16-29-12-1-10-27-11-13-29)30-15-18(4-9-23(30)28-24)22-8-7-20(14-26)31-22/h2-9,15,27H,1,10-13,16H2. The predicted molar refractivity (Wildman–Crippen MR) is 126 cm³/mol. The second-order valence-electron chi connectivity index (χ2n) is 7.72. The summed E-state index contributed by atoms with van der Waals surface area (Å²) in [7, 11) is 0. The number of thiophene rings is 1.